The molecule has 0 aromatic heterocycles. The molecule has 0 spiro atoms. The van der Waals surface area contributed by atoms with Crippen molar-refractivity contribution in [2.24, 2.45) is 23.7 Å². The van der Waals surface area contributed by atoms with Crippen LogP contribution in [0.15, 0.2) is 0 Å². The maximum absolute atomic E-state index is 13.0. The molecule has 0 aromatic rings. The van der Waals surface area contributed by atoms with Crippen molar-refractivity contribution in [1.29, 1.82) is 0 Å². The van der Waals surface area contributed by atoms with Gasteiger partial charge in [0.05, 0.1) is 26.4 Å². The SMILES string of the molecule is CCC(C)CCCCCCCCCCCCC(=O)OC[C@H](COP(=O)(O)OC[C@@H](O)COP(=O)(O)OC[C@@H](COC(=O)CCCCCCCCC(C)C)OC(=O)CCCCCCCCCCCCCCC(C)C)OC(=O)CCCCCCCCC(C)CC. The molecule has 0 saturated heterocycles. The number of rotatable bonds is 66. The molecule has 522 valence electrons. The Morgan fingerprint density at radius 3 is 0.807 bits per heavy atom. The number of carbonyl (C=O) groups is 4. The number of hydrogen-bond donors (Lipinski definition) is 3. The van der Waals surface area contributed by atoms with E-state index >= 15 is 0 Å². The van der Waals surface area contributed by atoms with Gasteiger partial charge < -0.3 is 33.8 Å². The molecular formula is C69H134O17P2. The summed E-state index contributed by atoms with van der Waals surface area (Å²) in [5.41, 5.74) is 0. The standard InChI is InChI=1S/C69H134O17P2/c1-9-61(7)47-39-31-22-18-15-16-19-23-33-41-49-66(71)79-55-65(86-69(74)52-44-36-28-26-32-40-48-62(8)10-2)58-84-88(77,78)82-54-63(70)53-81-87(75,76)83-57-64(56-80-67(72)50-42-34-27-25-30-38-46-60(5)6)85-68(73)51-43-35-24-20-14-12-11-13-17-21-29-37-45-59(3)4/h59-65,70H,9-58H2,1-8H3,(H,75,76)(H,77,78)/t61?,62?,63-,64+,65+/m0/s1. The van der Waals surface area contributed by atoms with Crippen LogP contribution >= 0.6 is 15.6 Å². The van der Waals surface area contributed by atoms with Crippen molar-refractivity contribution in [1.82, 2.24) is 0 Å². The summed E-state index contributed by atoms with van der Waals surface area (Å²) in [7, 11) is -9.90. The number of hydrogen-bond acceptors (Lipinski definition) is 15. The van der Waals surface area contributed by atoms with Gasteiger partial charge in [-0.25, -0.2) is 9.13 Å². The molecule has 0 aliphatic carbocycles. The van der Waals surface area contributed by atoms with Crippen LogP contribution in [0.2, 0.25) is 0 Å². The first-order chi connectivity index (χ1) is 42.2. The van der Waals surface area contributed by atoms with E-state index in [0.29, 0.717) is 31.6 Å². The topological polar surface area (TPSA) is 237 Å². The molecule has 0 saturated carbocycles. The minimum absolute atomic E-state index is 0.102. The van der Waals surface area contributed by atoms with Crippen molar-refractivity contribution in [2.45, 2.75) is 356 Å². The van der Waals surface area contributed by atoms with Crippen LogP contribution in [0.1, 0.15) is 338 Å². The number of phosphoric ester groups is 2. The zero-order valence-corrected chi connectivity index (χ0v) is 59.1. The van der Waals surface area contributed by atoms with Gasteiger partial charge in [-0.3, -0.25) is 37.3 Å². The number of esters is 4. The molecule has 0 amide bonds. The Kier molecular flexibility index (Phi) is 57.6. The van der Waals surface area contributed by atoms with E-state index in [0.717, 1.165) is 114 Å². The summed E-state index contributed by atoms with van der Waals surface area (Å²) in [6.45, 7) is 14.0. The van der Waals surface area contributed by atoms with Crippen molar-refractivity contribution in [3.63, 3.8) is 0 Å². The molecule has 3 N–H and O–H groups in total. The molecule has 88 heavy (non-hydrogen) atoms. The van der Waals surface area contributed by atoms with Crippen LogP contribution in [-0.4, -0.2) is 96.7 Å². The Morgan fingerprint density at radius 1 is 0.318 bits per heavy atom. The average molecular weight is 1300 g/mol. The maximum Gasteiger partial charge on any atom is 0.472 e. The molecular weight excluding hydrogens is 1160 g/mol. The van der Waals surface area contributed by atoms with E-state index < -0.39 is 97.5 Å². The van der Waals surface area contributed by atoms with Crippen molar-refractivity contribution in [2.75, 3.05) is 39.6 Å². The quantitative estimate of drug-likeness (QED) is 0.0222. The predicted octanol–water partition coefficient (Wildman–Crippen LogP) is 19.3. The van der Waals surface area contributed by atoms with Gasteiger partial charge in [0.15, 0.2) is 12.2 Å². The number of phosphoric acid groups is 2. The van der Waals surface area contributed by atoms with Gasteiger partial charge in [0.1, 0.15) is 19.3 Å². The van der Waals surface area contributed by atoms with Crippen molar-refractivity contribution >= 4 is 39.5 Å². The van der Waals surface area contributed by atoms with Crippen LogP contribution in [0, 0.1) is 23.7 Å². The van der Waals surface area contributed by atoms with E-state index in [4.69, 9.17) is 37.0 Å². The fraction of sp³-hybridized carbons (Fsp3) is 0.942. The number of ether oxygens (including phenoxy) is 4. The lowest BCUT2D eigenvalue weighted by molar-refractivity contribution is -0.161. The van der Waals surface area contributed by atoms with Crippen LogP contribution in [0.25, 0.3) is 0 Å². The Balaban J connectivity index is 5.23. The zero-order chi connectivity index (χ0) is 65.4. The third-order valence-corrected chi connectivity index (χ3v) is 18.4. The second-order valence-electron chi connectivity index (χ2n) is 26.4. The molecule has 17 nitrogen and oxygen atoms in total. The second kappa shape index (κ2) is 58.8. The van der Waals surface area contributed by atoms with Gasteiger partial charge in [-0.05, 0) is 49.4 Å². The normalized spacial score (nSPS) is 14.9. The largest absolute Gasteiger partial charge is 0.472 e. The van der Waals surface area contributed by atoms with Crippen LogP contribution in [0.3, 0.4) is 0 Å². The fourth-order valence-electron chi connectivity index (χ4n) is 10.2. The van der Waals surface area contributed by atoms with Crippen LogP contribution in [0.4, 0.5) is 0 Å². The van der Waals surface area contributed by atoms with Gasteiger partial charge in [0.2, 0.25) is 0 Å². The van der Waals surface area contributed by atoms with E-state index in [1.54, 1.807) is 0 Å². The highest BCUT2D eigenvalue weighted by atomic mass is 31.2. The molecule has 7 atom stereocenters. The molecule has 0 fully saturated rings. The minimum atomic E-state index is -4.95. The molecule has 0 aromatic carbocycles. The minimum Gasteiger partial charge on any atom is -0.462 e. The van der Waals surface area contributed by atoms with E-state index in [9.17, 15) is 43.2 Å². The molecule has 0 aliphatic heterocycles. The third kappa shape index (κ3) is 60.3. The number of carbonyl (C=O) groups excluding carboxylic acids is 4. The first-order valence-electron chi connectivity index (χ1n) is 35.8. The first-order valence-corrected chi connectivity index (χ1v) is 38.8. The summed E-state index contributed by atoms with van der Waals surface area (Å²) in [6, 6.07) is 0. The summed E-state index contributed by atoms with van der Waals surface area (Å²) < 4.78 is 68.2. The smallest absolute Gasteiger partial charge is 0.462 e. The van der Waals surface area contributed by atoms with Crippen LogP contribution in [0.5, 0.6) is 0 Å². The maximum atomic E-state index is 13.0. The van der Waals surface area contributed by atoms with Gasteiger partial charge >= 0.3 is 39.5 Å². The second-order valence-corrected chi connectivity index (χ2v) is 29.3. The molecule has 0 rings (SSSR count). The number of aliphatic hydroxyl groups is 1. The fourth-order valence-corrected chi connectivity index (χ4v) is 11.8. The first kappa shape index (κ1) is 86.1. The Bertz CT molecular complexity index is 1750. The van der Waals surface area contributed by atoms with E-state index in [2.05, 4.69) is 55.4 Å². The lowest BCUT2D eigenvalue weighted by Gasteiger charge is -2.21. The Morgan fingerprint density at radius 2 is 0.545 bits per heavy atom. The predicted molar refractivity (Wildman–Crippen MR) is 354 cm³/mol. The highest BCUT2D eigenvalue weighted by Crippen LogP contribution is 2.45. The monoisotopic (exact) mass is 1300 g/mol. The molecule has 0 aliphatic rings. The zero-order valence-electron chi connectivity index (χ0n) is 57.3. The van der Waals surface area contributed by atoms with E-state index in [1.807, 2.05) is 0 Å². The third-order valence-electron chi connectivity index (χ3n) is 16.5. The summed E-state index contributed by atoms with van der Waals surface area (Å²) in [6.07, 6.45) is 40.4. The lowest BCUT2D eigenvalue weighted by Crippen LogP contribution is -2.30. The molecule has 0 bridgehead atoms. The lowest BCUT2D eigenvalue weighted by atomic mass is 9.99. The van der Waals surface area contributed by atoms with Gasteiger partial charge in [0, 0.05) is 25.7 Å². The highest BCUT2D eigenvalue weighted by Gasteiger charge is 2.30. The van der Waals surface area contributed by atoms with Gasteiger partial charge in [0.25, 0.3) is 0 Å². The van der Waals surface area contributed by atoms with Gasteiger partial charge in [-0.2, -0.15) is 0 Å². The average Bonchev–Trinajstić information content (AvgIpc) is 3.56. The van der Waals surface area contributed by atoms with Crippen LogP contribution in [-0.2, 0) is 65.4 Å². The van der Waals surface area contributed by atoms with Crippen molar-refractivity contribution < 1.29 is 80.2 Å². The summed E-state index contributed by atoms with van der Waals surface area (Å²) in [4.78, 5) is 72.4. The summed E-state index contributed by atoms with van der Waals surface area (Å²) in [5.74, 6) is 0.851. The van der Waals surface area contributed by atoms with Gasteiger partial charge in [-0.15, -0.1) is 0 Å². The highest BCUT2D eigenvalue weighted by molar-refractivity contribution is 7.47. The molecule has 0 heterocycles. The molecule has 0 radical (unpaired) electrons. The molecule has 4 unspecified atom stereocenters. The molecule has 19 heteroatoms. The summed E-state index contributed by atoms with van der Waals surface area (Å²) in [5, 5.41) is 10.6. The van der Waals surface area contributed by atoms with E-state index in [-0.39, 0.29) is 25.7 Å². The van der Waals surface area contributed by atoms with Crippen LogP contribution < -0.4 is 0 Å². The number of unbranched alkanes of at least 4 members (excludes halogenated alkanes) is 30. The summed E-state index contributed by atoms with van der Waals surface area (Å²) >= 11 is 0. The Labute approximate surface area is 537 Å². The van der Waals surface area contributed by atoms with Crippen molar-refractivity contribution in [3.05, 3.63) is 0 Å². The van der Waals surface area contributed by atoms with Crippen molar-refractivity contribution in [3.8, 4) is 0 Å². The van der Waals surface area contributed by atoms with Gasteiger partial charge in [-0.1, -0.05) is 287 Å². The Hall–Kier alpha value is -1.94. The van der Waals surface area contributed by atoms with E-state index in [1.165, 1.54) is 135 Å². The number of aliphatic hydroxyl groups excluding tert-OH is 1.